The van der Waals surface area contributed by atoms with E-state index in [1.54, 1.807) is 6.07 Å². The monoisotopic (exact) mass is 399 g/mol. The van der Waals surface area contributed by atoms with Crippen molar-refractivity contribution in [3.63, 3.8) is 0 Å². The third kappa shape index (κ3) is 4.32. The van der Waals surface area contributed by atoms with Gasteiger partial charge >= 0.3 is 12.1 Å². The minimum Gasteiger partial charge on any atom is -0.480 e. The maximum Gasteiger partial charge on any atom is 0.391 e. The molecule has 1 amide bonds. The second-order valence-electron chi connectivity index (χ2n) is 6.56. The van der Waals surface area contributed by atoms with Crippen molar-refractivity contribution in [3.8, 4) is 5.69 Å². The molecule has 0 saturated carbocycles. The van der Waals surface area contributed by atoms with Crippen LogP contribution in [0.5, 0.6) is 0 Å². The topological polar surface area (TPSA) is 84.2 Å². The molecule has 0 bridgehead atoms. The maximum atomic E-state index is 13.6. The number of hydrogen-bond donors (Lipinski definition) is 2. The van der Waals surface area contributed by atoms with Crippen LogP contribution in [0.15, 0.2) is 24.3 Å². The van der Waals surface area contributed by atoms with E-state index in [1.807, 2.05) is 5.32 Å². The molecule has 150 valence electrons. The number of carboxylic acids is 1. The number of carbonyl (C=O) groups is 2. The molecule has 28 heavy (non-hydrogen) atoms. The average molecular weight is 399 g/mol. The number of benzene rings is 1. The number of halogens is 4. The van der Waals surface area contributed by atoms with Crippen molar-refractivity contribution in [1.82, 2.24) is 15.1 Å². The van der Waals surface area contributed by atoms with Crippen LogP contribution < -0.4 is 5.32 Å². The lowest BCUT2D eigenvalue weighted by Gasteiger charge is -2.17. The van der Waals surface area contributed by atoms with Gasteiger partial charge in [-0.2, -0.15) is 18.3 Å². The highest BCUT2D eigenvalue weighted by molar-refractivity contribution is 5.96. The average Bonchev–Trinajstić information content (AvgIpc) is 3.00. The zero-order chi connectivity index (χ0) is 20.5. The fraction of sp³-hybridized carbons (Fsp3) is 0.389. The zero-order valence-corrected chi connectivity index (χ0v) is 14.6. The van der Waals surface area contributed by atoms with Gasteiger partial charge in [0.05, 0.1) is 12.1 Å². The van der Waals surface area contributed by atoms with Gasteiger partial charge in [0.15, 0.2) is 5.69 Å². The summed E-state index contributed by atoms with van der Waals surface area (Å²) in [5, 5.41) is 15.1. The van der Waals surface area contributed by atoms with Gasteiger partial charge in [-0.15, -0.1) is 0 Å². The quantitative estimate of drug-likeness (QED) is 0.757. The Morgan fingerprint density at radius 3 is 2.61 bits per heavy atom. The van der Waals surface area contributed by atoms with Crippen LogP contribution in [0.1, 0.15) is 41.0 Å². The third-order valence-corrected chi connectivity index (χ3v) is 4.49. The summed E-state index contributed by atoms with van der Waals surface area (Å²) in [6, 6.07) is 3.43. The summed E-state index contributed by atoms with van der Waals surface area (Å²) in [6.07, 6.45) is -3.83. The molecule has 0 fully saturated rings. The second-order valence-corrected chi connectivity index (χ2v) is 6.56. The Balaban J connectivity index is 1.95. The van der Waals surface area contributed by atoms with Gasteiger partial charge < -0.3 is 10.4 Å². The molecule has 0 saturated heterocycles. The molecule has 3 rings (SSSR count). The van der Waals surface area contributed by atoms with Gasteiger partial charge in [0, 0.05) is 11.3 Å². The first-order chi connectivity index (χ1) is 13.2. The van der Waals surface area contributed by atoms with E-state index in [-0.39, 0.29) is 5.69 Å². The Morgan fingerprint density at radius 1 is 1.25 bits per heavy atom. The number of hydrogen-bond acceptors (Lipinski definition) is 3. The number of alkyl halides is 3. The van der Waals surface area contributed by atoms with Crippen molar-refractivity contribution in [2.24, 2.45) is 0 Å². The van der Waals surface area contributed by atoms with Crippen LogP contribution in [-0.2, 0) is 17.6 Å². The lowest BCUT2D eigenvalue weighted by molar-refractivity contribution is -0.157. The Kier molecular flexibility index (Phi) is 5.39. The summed E-state index contributed by atoms with van der Waals surface area (Å²) < 4.78 is 52.7. The molecule has 1 aliphatic rings. The van der Waals surface area contributed by atoms with Gasteiger partial charge in [-0.1, -0.05) is 6.07 Å². The number of nitrogens with one attached hydrogen (secondary N) is 1. The molecule has 1 heterocycles. The molecule has 6 nitrogen and oxygen atoms in total. The first-order valence-corrected chi connectivity index (χ1v) is 8.63. The van der Waals surface area contributed by atoms with Crippen molar-refractivity contribution in [1.29, 1.82) is 0 Å². The Labute approximate surface area is 157 Å². The zero-order valence-electron chi connectivity index (χ0n) is 14.6. The van der Waals surface area contributed by atoms with Gasteiger partial charge in [-0.25, -0.2) is 13.9 Å². The summed E-state index contributed by atoms with van der Waals surface area (Å²) in [4.78, 5) is 23.7. The summed E-state index contributed by atoms with van der Waals surface area (Å²) in [5.41, 5.74) is 1.46. The first-order valence-electron chi connectivity index (χ1n) is 8.63. The number of carboxylic acid groups (broad SMARTS) is 1. The molecule has 1 atom stereocenters. The predicted molar refractivity (Wildman–Crippen MR) is 89.7 cm³/mol. The van der Waals surface area contributed by atoms with Crippen molar-refractivity contribution < 1.29 is 32.3 Å². The second kappa shape index (κ2) is 7.61. The molecule has 1 aliphatic carbocycles. The number of amides is 1. The van der Waals surface area contributed by atoms with Crippen molar-refractivity contribution >= 4 is 11.9 Å². The fourth-order valence-corrected chi connectivity index (χ4v) is 3.26. The molecular formula is C18H17F4N3O3. The highest BCUT2D eigenvalue weighted by Crippen LogP contribution is 2.28. The number of rotatable bonds is 5. The van der Waals surface area contributed by atoms with Crippen molar-refractivity contribution in [3.05, 3.63) is 47.0 Å². The third-order valence-electron chi connectivity index (χ3n) is 4.49. The van der Waals surface area contributed by atoms with Crippen molar-refractivity contribution in [2.45, 2.75) is 44.3 Å². The first kappa shape index (κ1) is 19.8. The molecule has 1 aromatic carbocycles. The minimum atomic E-state index is -4.75. The molecule has 2 N–H and O–H groups in total. The molecule has 10 heteroatoms. The summed E-state index contributed by atoms with van der Waals surface area (Å²) in [6.45, 7) is 0. The van der Waals surface area contributed by atoms with Gasteiger partial charge in [-0.3, -0.25) is 4.79 Å². The fourth-order valence-electron chi connectivity index (χ4n) is 3.26. The molecule has 1 unspecified atom stereocenters. The van der Waals surface area contributed by atoms with Gasteiger partial charge in [-0.05, 0) is 43.9 Å². The smallest absolute Gasteiger partial charge is 0.391 e. The number of nitrogens with zero attached hydrogens (tertiary/aromatic N) is 2. The van der Waals surface area contributed by atoms with Crippen LogP contribution in [-0.4, -0.2) is 39.0 Å². The van der Waals surface area contributed by atoms with E-state index in [4.69, 9.17) is 5.11 Å². The Hall–Kier alpha value is -2.91. The van der Waals surface area contributed by atoms with Crippen LogP contribution in [0.4, 0.5) is 17.6 Å². The van der Waals surface area contributed by atoms with E-state index < -0.39 is 36.3 Å². The van der Waals surface area contributed by atoms with E-state index in [9.17, 15) is 27.2 Å². The normalized spacial score (nSPS) is 15.0. The number of fused-ring (bicyclic) bond motifs is 1. The van der Waals surface area contributed by atoms with E-state index >= 15 is 0 Å². The van der Waals surface area contributed by atoms with E-state index in [0.29, 0.717) is 29.8 Å². The van der Waals surface area contributed by atoms with E-state index in [0.717, 1.165) is 12.8 Å². The molecule has 1 aromatic heterocycles. The number of carbonyl (C=O) groups excluding carboxylic acids is 1. The summed E-state index contributed by atoms with van der Waals surface area (Å²) in [5.74, 6) is -3.28. The minimum absolute atomic E-state index is 0.132. The number of aliphatic carboxylic acids is 1. The molecular weight excluding hydrogens is 382 g/mol. The van der Waals surface area contributed by atoms with Gasteiger partial charge in [0.1, 0.15) is 11.9 Å². The van der Waals surface area contributed by atoms with Crippen LogP contribution >= 0.6 is 0 Å². The highest BCUT2D eigenvalue weighted by atomic mass is 19.4. The molecule has 0 radical (unpaired) electrons. The maximum absolute atomic E-state index is 13.6. The Morgan fingerprint density at radius 2 is 1.96 bits per heavy atom. The lowest BCUT2D eigenvalue weighted by atomic mass is 9.95. The number of aromatic nitrogens is 2. The molecule has 0 spiro atoms. The van der Waals surface area contributed by atoms with Gasteiger partial charge in [0.2, 0.25) is 0 Å². The summed E-state index contributed by atoms with van der Waals surface area (Å²) in [7, 11) is 0. The van der Waals surface area contributed by atoms with Gasteiger partial charge in [0.25, 0.3) is 5.91 Å². The van der Waals surface area contributed by atoms with E-state index in [1.165, 1.54) is 22.9 Å². The molecule has 2 aromatic rings. The largest absolute Gasteiger partial charge is 0.480 e. The van der Waals surface area contributed by atoms with Crippen molar-refractivity contribution in [2.75, 3.05) is 0 Å². The van der Waals surface area contributed by atoms with Crippen LogP contribution in [0.3, 0.4) is 0 Å². The van der Waals surface area contributed by atoms with E-state index in [2.05, 4.69) is 5.10 Å². The standard InChI is InChI=1S/C18H17F4N3O3/c19-10-4-3-5-11(8-10)25-14-7-2-1-6-12(14)15(24-25)16(26)23-13(17(27)28)9-18(20,21)22/h3-5,8,13H,1-2,6-7,9H2,(H,23,26)(H,27,28). The highest BCUT2D eigenvalue weighted by Gasteiger charge is 2.37. The predicted octanol–water partition coefficient (Wildman–Crippen LogP) is 3.03. The van der Waals surface area contributed by atoms with Crippen LogP contribution in [0.25, 0.3) is 5.69 Å². The van der Waals surface area contributed by atoms with Crippen LogP contribution in [0.2, 0.25) is 0 Å². The lowest BCUT2D eigenvalue weighted by Crippen LogP contribution is -2.44. The SMILES string of the molecule is O=C(NC(CC(F)(F)F)C(=O)O)c1nn(-c2cccc(F)c2)c2c1CCCC2. The molecule has 0 aliphatic heterocycles. The Bertz CT molecular complexity index is 908. The summed E-state index contributed by atoms with van der Waals surface area (Å²) >= 11 is 0. The van der Waals surface area contributed by atoms with Crippen LogP contribution in [0, 0.1) is 5.82 Å².